The molecule has 4 aromatic rings. The predicted molar refractivity (Wildman–Crippen MR) is 119 cm³/mol. The largest absolute Gasteiger partial charge is 0.363 e. The summed E-state index contributed by atoms with van der Waals surface area (Å²) >= 11 is 0. The minimum Gasteiger partial charge on any atom is -0.363 e. The van der Waals surface area contributed by atoms with Crippen molar-refractivity contribution in [2.24, 2.45) is 11.1 Å². The van der Waals surface area contributed by atoms with Gasteiger partial charge in [0.15, 0.2) is 0 Å². The number of hydrogen-bond donors (Lipinski definition) is 1. The Morgan fingerprint density at radius 1 is 1.14 bits per heavy atom. The van der Waals surface area contributed by atoms with E-state index in [2.05, 4.69) is 39.1 Å². The van der Waals surface area contributed by atoms with E-state index in [-0.39, 0.29) is 34.4 Å². The summed E-state index contributed by atoms with van der Waals surface area (Å²) in [7, 11) is 0. The first-order valence-electron chi connectivity index (χ1n) is 11.1. The first-order valence-corrected chi connectivity index (χ1v) is 11.1. The van der Waals surface area contributed by atoms with Crippen molar-refractivity contribution in [2.45, 2.75) is 38.0 Å². The third-order valence-corrected chi connectivity index (χ3v) is 7.60. The van der Waals surface area contributed by atoms with E-state index >= 15 is 0 Å². The van der Waals surface area contributed by atoms with Gasteiger partial charge < -0.3 is 5.73 Å². The lowest BCUT2D eigenvalue weighted by molar-refractivity contribution is 0.0990. The smallest absolute Gasteiger partial charge is 0.288 e. The van der Waals surface area contributed by atoms with E-state index in [4.69, 9.17) is 10.7 Å². The van der Waals surface area contributed by atoms with E-state index in [1.54, 1.807) is 12.3 Å². The molecule has 2 N–H and O–H groups in total. The van der Waals surface area contributed by atoms with Gasteiger partial charge in [0, 0.05) is 6.20 Å². The van der Waals surface area contributed by atoms with Crippen LogP contribution in [-0.4, -0.2) is 40.8 Å². The van der Waals surface area contributed by atoms with Gasteiger partial charge in [-0.1, -0.05) is 19.9 Å². The molecule has 1 fully saturated rings. The van der Waals surface area contributed by atoms with Crippen LogP contribution in [-0.2, 0) is 5.41 Å². The van der Waals surface area contributed by atoms with Crippen molar-refractivity contribution in [3.8, 4) is 17.2 Å². The maximum absolute atomic E-state index is 14.5. The normalized spacial score (nSPS) is 21.8. The second-order valence-corrected chi connectivity index (χ2v) is 9.47. The number of rotatable bonds is 4. The van der Waals surface area contributed by atoms with Crippen LogP contribution in [0.4, 0.5) is 8.78 Å². The van der Waals surface area contributed by atoms with Crippen LogP contribution in [0.15, 0.2) is 42.9 Å². The zero-order valence-electron chi connectivity index (χ0n) is 18.9. The van der Waals surface area contributed by atoms with Crippen LogP contribution in [0.3, 0.4) is 0 Å². The van der Waals surface area contributed by atoms with E-state index < -0.39 is 23.0 Å². The van der Waals surface area contributed by atoms with E-state index in [0.29, 0.717) is 0 Å². The van der Waals surface area contributed by atoms with Crippen molar-refractivity contribution < 1.29 is 13.6 Å². The van der Waals surface area contributed by atoms with Gasteiger partial charge in [-0.25, -0.2) is 23.7 Å². The van der Waals surface area contributed by atoms with Gasteiger partial charge in [0.05, 0.1) is 28.1 Å². The van der Waals surface area contributed by atoms with Crippen LogP contribution in [0.1, 0.15) is 60.2 Å². The van der Waals surface area contributed by atoms with Crippen LogP contribution in [0.25, 0.3) is 17.2 Å². The molecular formula is C24H20F2N8O. The molecule has 2 atom stereocenters. The number of hydrogen-bond acceptors (Lipinski definition) is 7. The number of carbonyl (C=O) groups excluding carboxylic acids is 1. The van der Waals surface area contributed by atoms with Gasteiger partial charge in [-0.15, -0.1) is 10.2 Å². The number of halogens is 2. The highest BCUT2D eigenvalue weighted by Gasteiger charge is 2.65. The van der Waals surface area contributed by atoms with Crippen LogP contribution in [0.5, 0.6) is 0 Å². The molecule has 2 aliphatic carbocycles. The fourth-order valence-corrected chi connectivity index (χ4v) is 5.93. The standard InChI is InChI=1S/C24H20F2N8O/c1-23(2)13-6-8-24(23,17-7-9-28-22(30-17)34-11-29-21(33-34)20(27)35)19-12(13)10-16(31-32-19)18-14(25)4-3-5-15(18)26/h3-5,7,9-11,13H,6,8H2,1-2H3,(H2,27,35)/t13-,24-/m0/s1. The highest BCUT2D eigenvalue weighted by Crippen LogP contribution is 2.69. The molecular weight excluding hydrogens is 454 g/mol. The molecule has 2 aliphatic rings. The average Bonchev–Trinajstić information content (AvgIpc) is 3.48. The predicted octanol–water partition coefficient (Wildman–Crippen LogP) is 3.09. The summed E-state index contributed by atoms with van der Waals surface area (Å²) in [4.78, 5) is 24.4. The monoisotopic (exact) mass is 474 g/mol. The van der Waals surface area contributed by atoms with E-state index in [0.717, 1.165) is 29.8 Å². The number of amides is 1. The van der Waals surface area contributed by atoms with Crippen molar-refractivity contribution in [1.29, 1.82) is 0 Å². The Hall–Kier alpha value is -4.15. The summed E-state index contributed by atoms with van der Waals surface area (Å²) in [6, 6.07) is 7.34. The maximum Gasteiger partial charge on any atom is 0.288 e. The molecule has 0 unspecified atom stereocenters. The number of primary amides is 1. The van der Waals surface area contributed by atoms with Crippen molar-refractivity contribution >= 4 is 5.91 Å². The zero-order valence-corrected chi connectivity index (χ0v) is 18.9. The molecule has 3 aromatic heterocycles. The van der Waals surface area contributed by atoms with Gasteiger partial charge >= 0.3 is 0 Å². The topological polar surface area (TPSA) is 125 Å². The van der Waals surface area contributed by atoms with E-state index in [9.17, 15) is 13.6 Å². The van der Waals surface area contributed by atoms with Gasteiger partial charge in [0.1, 0.15) is 18.0 Å². The molecule has 2 bridgehead atoms. The van der Waals surface area contributed by atoms with E-state index in [1.807, 2.05) is 6.07 Å². The first kappa shape index (κ1) is 21.4. The van der Waals surface area contributed by atoms with Gasteiger partial charge in [0.25, 0.3) is 11.9 Å². The van der Waals surface area contributed by atoms with Crippen LogP contribution >= 0.6 is 0 Å². The summed E-state index contributed by atoms with van der Waals surface area (Å²) in [6.07, 6.45) is 4.59. The van der Waals surface area contributed by atoms with Crippen molar-refractivity contribution in [3.63, 3.8) is 0 Å². The van der Waals surface area contributed by atoms with Crippen LogP contribution in [0.2, 0.25) is 0 Å². The third kappa shape index (κ3) is 2.81. The molecule has 0 radical (unpaired) electrons. The Balaban J connectivity index is 1.50. The minimum absolute atomic E-state index is 0.104. The highest BCUT2D eigenvalue weighted by molar-refractivity contribution is 5.88. The molecule has 176 valence electrons. The number of aromatic nitrogens is 7. The molecule has 11 heteroatoms. The molecule has 0 aliphatic heterocycles. The maximum atomic E-state index is 14.5. The molecule has 1 aromatic carbocycles. The second kappa shape index (κ2) is 7.17. The van der Waals surface area contributed by atoms with Crippen LogP contribution < -0.4 is 5.73 Å². The highest BCUT2D eigenvalue weighted by atomic mass is 19.1. The van der Waals surface area contributed by atoms with Crippen molar-refractivity contribution in [1.82, 2.24) is 34.9 Å². The lowest BCUT2D eigenvalue weighted by atomic mass is 9.66. The Bertz CT molecular complexity index is 1500. The molecule has 0 spiro atoms. The van der Waals surface area contributed by atoms with Gasteiger partial charge in [-0.05, 0) is 54.0 Å². The van der Waals surface area contributed by atoms with Gasteiger partial charge in [-0.2, -0.15) is 9.78 Å². The molecule has 35 heavy (non-hydrogen) atoms. The summed E-state index contributed by atoms with van der Waals surface area (Å²) in [5.41, 5.74) is 6.76. The number of benzene rings is 1. The van der Waals surface area contributed by atoms with Crippen LogP contribution in [0, 0.1) is 17.0 Å². The Morgan fingerprint density at radius 3 is 2.63 bits per heavy atom. The number of nitrogens with two attached hydrogens (primary N) is 1. The molecule has 9 nitrogen and oxygen atoms in total. The number of fused-ring (bicyclic) bond motifs is 5. The van der Waals surface area contributed by atoms with Crippen molar-refractivity contribution in [3.05, 3.63) is 77.3 Å². The zero-order chi connectivity index (χ0) is 24.5. The molecule has 1 saturated carbocycles. The first-order chi connectivity index (χ1) is 16.7. The number of nitrogens with zero attached hydrogens (tertiary/aromatic N) is 7. The lowest BCUT2D eigenvalue weighted by Gasteiger charge is -2.37. The summed E-state index contributed by atoms with van der Waals surface area (Å²) in [6.45, 7) is 4.30. The second-order valence-electron chi connectivity index (χ2n) is 9.47. The Kier molecular flexibility index (Phi) is 4.38. The molecule has 3 heterocycles. The van der Waals surface area contributed by atoms with Crippen molar-refractivity contribution in [2.75, 3.05) is 0 Å². The fraction of sp³-hybridized carbons (Fsp3) is 0.292. The lowest BCUT2D eigenvalue weighted by Crippen LogP contribution is -2.38. The SMILES string of the molecule is CC1(C)[C@H]2CC[C@]1(c1ccnc(-n3cnc(C(N)=O)n3)n1)c1nnc(-c3c(F)cccc3F)cc12. The summed E-state index contributed by atoms with van der Waals surface area (Å²) < 4.78 is 30.2. The number of carbonyl (C=O) groups is 1. The average molecular weight is 474 g/mol. The third-order valence-electron chi connectivity index (χ3n) is 7.60. The minimum atomic E-state index is -0.750. The molecule has 6 rings (SSSR count). The Morgan fingerprint density at radius 2 is 1.91 bits per heavy atom. The fourth-order valence-electron chi connectivity index (χ4n) is 5.93. The summed E-state index contributed by atoms with van der Waals surface area (Å²) in [5.74, 6) is -1.90. The van der Waals surface area contributed by atoms with E-state index in [1.165, 1.54) is 29.2 Å². The van der Waals surface area contributed by atoms with Gasteiger partial charge in [0.2, 0.25) is 5.82 Å². The Labute approximate surface area is 198 Å². The van der Waals surface area contributed by atoms with Gasteiger partial charge in [-0.3, -0.25) is 4.79 Å². The quantitative estimate of drug-likeness (QED) is 0.482. The summed E-state index contributed by atoms with van der Waals surface area (Å²) in [5, 5.41) is 12.8. The molecule has 0 saturated heterocycles. The molecule has 1 amide bonds.